The predicted molar refractivity (Wildman–Crippen MR) is 74.7 cm³/mol. The zero-order valence-electron chi connectivity index (χ0n) is 10.6. The Hall–Kier alpha value is -1.66. The second kappa shape index (κ2) is 4.55. The van der Waals surface area contributed by atoms with Crippen LogP contribution in [0.3, 0.4) is 0 Å². The maximum absolute atomic E-state index is 13.4. The summed E-state index contributed by atoms with van der Waals surface area (Å²) in [7, 11) is 0. The Labute approximate surface area is 111 Å². The number of nitrogens with zero attached hydrogens (tertiary/aromatic N) is 1. The quantitative estimate of drug-likeness (QED) is 0.604. The summed E-state index contributed by atoms with van der Waals surface area (Å²) in [4.78, 5) is 5.55. The lowest BCUT2D eigenvalue weighted by Crippen LogP contribution is -2.07. The molecule has 0 saturated carbocycles. The number of rotatable bonds is 1. The van der Waals surface area contributed by atoms with Crippen LogP contribution in [0.25, 0.3) is 15.3 Å². The van der Waals surface area contributed by atoms with Crippen LogP contribution in [0, 0.1) is 12.4 Å². The maximum atomic E-state index is 13.4. The lowest BCUT2D eigenvalue weighted by Gasteiger charge is -2.15. The van der Waals surface area contributed by atoms with Gasteiger partial charge in [-0.3, -0.25) is 0 Å². The molecule has 0 unspecified atom stereocenters. The highest BCUT2D eigenvalue weighted by Crippen LogP contribution is 2.36. The van der Waals surface area contributed by atoms with Gasteiger partial charge in [-0.1, -0.05) is 20.8 Å². The first-order chi connectivity index (χ1) is 8.40. The van der Waals surface area contributed by atoms with Crippen LogP contribution in [0.4, 0.5) is 10.1 Å². The standard InChI is InChI=1S/C15H14FNS/c1-15(2,3)14-6-5-13(18-14)10-7-11(16)9-12(8-10)17-4/h5-9H,1-3H3. The molecule has 0 aliphatic heterocycles. The molecule has 1 heterocycles. The van der Waals surface area contributed by atoms with Gasteiger partial charge in [-0.25, -0.2) is 9.24 Å². The summed E-state index contributed by atoms with van der Waals surface area (Å²) in [6.45, 7) is 13.4. The van der Waals surface area contributed by atoms with Gasteiger partial charge in [-0.05, 0) is 41.3 Å². The molecular weight excluding hydrogens is 245 g/mol. The molecule has 3 heteroatoms. The zero-order valence-corrected chi connectivity index (χ0v) is 11.4. The second-order valence-corrected chi connectivity index (χ2v) is 6.31. The Balaban J connectivity index is 2.47. The Kier molecular flexibility index (Phi) is 3.23. The average Bonchev–Trinajstić information content (AvgIpc) is 2.77. The van der Waals surface area contributed by atoms with Crippen molar-refractivity contribution in [3.8, 4) is 10.4 Å². The van der Waals surface area contributed by atoms with Gasteiger partial charge in [0, 0.05) is 9.75 Å². The minimum Gasteiger partial charge on any atom is -0.238 e. The van der Waals surface area contributed by atoms with E-state index in [0.717, 1.165) is 10.4 Å². The highest BCUT2D eigenvalue weighted by Gasteiger charge is 2.16. The molecule has 0 atom stereocenters. The minimum atomic E-state index is -0.357. The van der Waals surface area contributed by atoms with Crippen LogP contribution in [0.2, 0.25) is 0 Å². The van der Waals surface area contributed by atoms with Gasteiger partial charge in [0.1, 0.15) is 5.82 Å². The van der Waals surface area contributed by atoms with E-state index >= 15 is 0 Å². The van der Waals surface area contributed by atoms with Crippen molar-refractivity contribution in [1.29, 1.82) is 0 Å². The molecule has 0 fully saturated rings. The van der Waals surface area contributed by atoms with E-state index in [1.165, 1.54) is 17.0 Å². The fraction of sp³-hybridized carbons (Fsp3) is 0.267. The summed E-state index contributed by atoms with van der Waals surface area (Å²) in [5.74, 6) is -0.357. The van der Waals surface area contributed by atoms with Crippen molar-refractivity contribution in [3.05, 3.63) is 52.4 Å². The summed E-state index contributed by atoms with van der Waals surface area (Å²) in [6, 6.07) is 8.53. The van der Waals surface area contributed by atoms with Crippen molar-refractivity contribution in [2.75, 3.05) is 0 Å². The lowest BCUT2D eigenvalue weighted by molar-refractivity contribution is 0.604. The third kappa shape index (κ3) is 2.60. The summed E-state index contributed by atoms with van der Waals surface area (Å²) < 4.78 is 13.4. The molecule has 18 heavy (non-hydrogen) atoms. The van der Waals surface area contributed by atoms with Gasteiger partial charge in [0.15, 0.2) is 5.69 Å². The van der Waals surface area contributed by atoms with Gasteiger partial charge in [0.05, 0.1) is 6.57 Å². The smallest absolute Gasteiger partial charge is 0.190 e. The molecule has 1 nitrogen and oxygen atoms in total. The highest BCUT2D eigenvalue weighted by molar-refractivity contribution is 7.15. The molecule has 1 aromatic carbocycles. The highest BCUT2D eigenvalue weighted by atomic mass is 32.1. The Bertz CT molecular complexity index is 614. The van der Waals surface area contributed by atoms with E-state index in [9.17, 15) is 4.39 Å². The van der Waals surface area contributed by atoms with Crippen molar-refractivity contribution in [1.82, 2.24) is 0 Å². The predicted octanol–water partition coefficient (Wildman–Crippen LogP) is 5.40. The van der Waals surface area contributed by atoms with Crippen LogP contribution in [-0.2, 0) is 5.41 Å². The summed E-state index contributed by atoms with van der Waals surface area (Å²) >= 11 is 1.65. The Morgan fingerprint density at radius 1 is 1.17 bits per heavy atom. The molecule has 2 rings (SSSR count). The van der Waals surface area contributed by atoms with Gasteiger partial charge < -0.3 is 0 Å². The van der Waals surface area contributed by atoms with Gasteiger partial charge >= 0.3 is 0 Å². The van der Waals surface area contributed by atoms with Crippen LogP contribution in [0.5, 0.6) is 0 Å². The molecule has 0 aliphatic rings. The number of halogens is 1. The molecule has 2 aromatic rings. The maximum Gasteiger partial charge on any atom is 0.190 e. The molecule has 92 valence electrons. The van der Waals surface area contributed by atoms with Crippen LogP contribution in [-0.4, -0.2) is 0 Å². The number of hydrogen-bond donors (Lipinski definition) is 0. The van der Waals surface area contributed by atoms with Gasteiger partial charge in [-0.15, -0.1) is 11.3 Å². The fourth-order valence-corrected chi connectivity index (χ4v) is 2.73. The minimum absolute atomic E-state index is 0.0961. The largest absolute Gasteiger partial charge is 0.238 e. The topological polar surface area (TPSA) is 4.36 Å². The number of hydrogen-bond acceptors (Lipinski definition) is 1. The third-order valence-corrected chi connectivity index (χ3v) is 4.20. The van der Waals surface area contributed by atoms with E-state index < -0.39 is 0 Å². The first-order valence-corrected chi connectivity index (χ1v) is 6.50. The molecule has 0 aliphatic carbocycles. The summed E-state index contributed by atoms with van der Waals surface area (Å²) in [5.41, 5.74) is 1.22. The fourth-order valence-electron chi connectivity index (χ4n) is 1.68. The number of thiophene rings is 1. The van der Waals surface area contributed by atoms with Crippen LogP contribution in [0.15, 0.2) is 30.3 Å². The van der Waals surface area contributed by atoms with E-state index in [0.29, 0.717) is 5.69 Å². The number of benzene rings is 1. The second-order valence-electron chi connectivity index (χ2n) is 5.22. The molecule has 0 bridgehead atoms. The summed E-state index contributed by atoms with van der Waals surface area (Å²) in [5, 5.41) is 0. The van der Waals surface area contributed by atoms with Crippen molar-refractivity contribution in [3.63, 3.8) is 0 Å². The van der Waals surface area contributed by atoms with Crippen LogP contribution < -0.4 is 0 Å². The van der Waals surface area contributed by atoms with Crippen LogP contribution in [0.1, 0.15) is 25.6 Å². The SMILES string of the molecule is [C-]#[N+]c1cc(F)cc(-c2ccc(C(C)(C)C)s2)c1. The van der Waals surface area contributed by atoms with E-state index in [2.05, 4.69) is 31.7 Å². The van der Waals surface area contributed by atoms with Crippen molar-refractivity contribution in [2.45, 2.75) is 26.2 Å². The monoisotopic (exact) mass is 259 g/mol. The molecule has 0 amide bonds. The molecule has 0 saturated heterocycles. The van der Waals surface area contributed by atoms with Gasteiger partial charge in [0.25, 0.3) is 0 Å². The van der Waals surface area contributed by atoms with Gasteiger partial charge in [0.2, 0.25) is 0 Å². The van der Waals surface area contributed by atoms with Crippen LogP contribution >= 0.6 is 11.3 Å². The molecule has 0 spiro atoms. The summed E-state index contributed by atoms with van der Waals surface area (Å²) in [6.07, 6.45) is 0. The molecule has 0 radical (unpaired) electrons. The van der Waals surface area contributed by atoms with E-state index in [1.54, 1.807) is 17.4 Å². The molecule has 0 N–H and O–H groups in total. The Morgan fingerprint density at radius 3 is 2.44 bits per heavy atom. The Morgan fingerprint density at radius 2 is 1.89 bits per heavy atom. The van der Waals surface area contributed by atoms with Gasteiger partial charge in [-0.2, -0.15) is 0 Å². The van der Waals surface area contributed by atoms with E-state index in [1.807, 2.05) is 6.07 Å². The normalized spacial score (nSPS) is 11.3. The van der Waals surface area contributed by atoms with E-state index in [-0.39, 0.29) is 11.2 Å². The zero-order chi connectivity index (χ0) is 13.3. The first-order valence-electron chi connectivity index (χ1n) is 5.69. The van der Waals surface area contributed by atoms with Crippen molar-refractivity contribution >= 4 is 17.0 Å². The first kappa shape index (κ1) is 12.8. The molecule has 1 aromatic heterocycles. The molecular formula is C15H14FNS. The third-order valence-electron chi connectivity index (χ3n) is 2.64. The van der Waals surface area contributed by atoms with E-state index in [4.69, 9.17) is 6.57 Å². The lowest BCUT2D eigenvalue weighted by atomic mass is 9.95. The van der Waals surface area contributed by atoms with Crippen molar-refractivity contribution in [2.24, 2.45) is 0 Å². The average molecular weight is 259 g/mol. The van der Waals surface area contributed by atoms with Crippen molar-refractivity contribution < 1.29 is 4.39 Å².